The number of likely N-dealkylation sites (tertiary alicyclic amines) is 1. The molecule has 0 unspecified atom stereocenters. The van der Waals surface area contributed by atoms with Crippen LogP contribution < -0.4 is 5.32 Å². The molecule has 0 radical (unpaired) electrons. The van der Waals surface area contributed by atoms with Crippen LogP contribution in [-0.2, 0) is 16.1 Å². The lowest BCUT2D eigenvalue weighted by atomic mass is 9.82. The molecule has 2 atom stereocenters. The molecule has 1 aromatic rings. The van der Waals surface area contributed by atoms with E-state index in [1.54, 1.807) is 0 Å². The zero-order valence-electron chi connectivity index (χ0n) is 17.9. The normalized spacial score (nSPS) is 23.9. The number of benzene rings is 1. The number of alkyl halides is 3. The van der Waals surface area contributed by atoms with Crippen molar-refractivity contribution in [1.82, 2.24) is 15.1 Å². The summed E-state index contributed by atoms with van der Waals surface area (Å²) < 4.78 is 37.2. The largest absolute Gasteiger partial charge is 0.490 e. The number of rotatable bonds is 4. The van der Waals surface area contributed by atoms with Gasteiger partial charge in [-0.1, -0.05) is 30.3 Å². The number of fused-ring (bicyclic) bond motifs is 1. The van der Waals surface area contributed by atoms with Crippen molar-refractivity contribution in [2.24, 2.45) is 5.92 Å². The minimum absolute atomic E-state index is 0.163. The fraction of sp³-hybridized carbons (Fsp3) is 0.636. The monoisotopic (exact) mass is 457 g/mol. The molecular formula is C22H30F3N3O4. The van der Waals surface area contributed by atoms with Crippen molar-refractivity contribution in [1.29, 1.82) is 0 Å². The second-order valence-electron chi connectivity index (χ2n) is 8.47. The van der Waals surface area contributed by atoms with Gasteiger partial charge in [0, 0.05) is 44.8 Å². The Labute approximate surface area is 185 Å². The number of nitrogens with zero attached hydrogens (tertiary/aromatic N) is 2. The third-order valence-corrected chi connectivity index (χ3v) is 6.33. The zero-order chi connectivity index (χ0) is 23.1. The lowest BCUT2D eigenvalue weighted by molar-refractivity contribution is -0.192. The van der Waals surface area contributed by atoms with Gasteiger partial charge in [-0.3, -0.25) is 4.90 Å². The molecular weight excluding hydrogens is 427 g/mol. The topological polar surface area (TPSA) is 82.1 Å². The molecule has 1 amide bonds. The number of piperidine rings is 1. The molecule has 2 N–H and O–H groups in total. The molecule has 0 spiro atoms. The van der Waals surface area contributed by atoms with Crippen LogP contribution in [-0.4, -0.2) is 78.0 Å². The molecule has 2 heterocycles. The number of carboxylic acid groups (broad SMARTS) is 1. The number of hydrogen-bond donors (Lipinski definition) is 2. The van der Waals surface area contributed by atoms with E-state index in [4.69, 9.17) is 14.6 Å². The summed E-state index contributed by atoms with van der Waals surface area (Å²) in [5.74, 6) is -2.04. The minimum atomic E-state index is -5.08. The van der Waals surface area contributed by atoms with Gasteiger partial charge in [0.15, 0.2) is 0 Å². The predicted octanol–water partition coefficient (Wildman–Crippen LogP) is 3.10. The Bertz CT molecular complexity index is 755. The summed E-state index contributed by atoms with van der Waals surface area (Å²) >= 11 is 0. The fourth-order valence-electron chi connectivity index (χ4n) is 4.38. The van der Waals surface area contributed by atoms with Gasteiger partial charge in [0.05, 0.1) is 0 Å². The number of aliphatic carboxylic acids is 1. The molecule has 0 aromatic heterocycles. The van der Waals surface area contributed by atoms with Crippen molar-refractivity contribution in [2.75, 3.05) is 32.7 Å². The van der Waals surface area contributed by atoms with Crippen molar-refractivity contribution in [3.63, 3.8) is 0 Å². The summed E-state index contributed by atoms with van der Waals surface area (Å²) in [6.07, 6.45) is -0.359. The van der Waals surface area contributed by atoms with Crippen LogP contribution in [0.4, 0.5) is 18.0 Å². The van der Waals surface area contributed by atoms with Crippen LogP contribution in [0.2, 0.25) is 0 Å². The number of piperazine rings is 1. The maximum atomic E-state index is 12.3. The first-order chi connectivity index (χ1) is 15.2. The van der Waals surface area contributed by atoms with E-state index < -0.39 is 12.1 Å². The fourth-order valence-corrected chi connectivity index (χ4v) is 4.38. The molecule has 10 heteroatoms. The number of carboxylic acids is 1. The Balaban J connectivity index is 0.000000360. The smallest absolute Gasteiger partial charge is 0.475 e. The summed E-state index contributed by atoms with van der Waals surface area (Å²) in [5.41, 5.74) is 1.04. The van der Waals surface area contributed by atoms with Crippen LogP contribution >= 0.6 is 0 Å². The third-order valence-electron chi connectivity index (χ3n) is 6.33. The van der Waals surface area contributed by atoms with Crippen molar-refractivity contribution in [3.8, 4) is 0 Å². The predicted molar refractivity (Wildman–Crippen MR) is 111 cm³/mol. The molecule has 2 aliphatic heterocycles. The van der Waals surface area contributed by atoms with Crippen molar-refractivity contribution >= 4 is 12.1 Å². The first-order valence-corrected chi connectivity index (χ1v) is 11.0. The Kier molecular flexibility index (Phi) is 8.36. The van der Waals surface area contributed by atoms with Crippen LogP contribution in [0.5, 0.6) is 0 Å². The highest BCUT2D eigenvalue weighted by Gasteiger charge is 2.39. The van der Waals surface area contributed by atoms with Crippen LogP contribution in [0.1, 0.15) is 31.2 Å². The van der Waals surface area contributed by atoms with Crippen molar-refractivity contribution in [3.05, 3.63) is 35.9 Å². The Morgan fingerprint density at radius 3 is 2.28 bits per heavy atom. The van der Waals surface area contributed by atoms with Gasteiger partial charge in [0.25, 0.3) is 0 Å². The second kappa shape index (κ2) is 11.0. The summed E-state index contributed by atoms with van der Waals surface area (Å²) in [6.45, 7) is 5.54. The third kappa shape index (κ3) is 6.83. The highest BCUT2D eigenvalue weighted by molar-refractivity contribution is 5.73. The lowest BCUT2D eigenvalue weighted by Gasteiger charge is -2.50. The molecule has 3 fully saturated rings. The summed E-state index contributed by atoms with van der Waals surface area (Å²) in [5, 5.41) is 10.7. The number of halogens is 3. The van der Waals surface area contributed by atoms with E-state index in [1.807, 2.05) is 35.2 Å². The van der Waals surface area contributed by atoms with Crippen LogP contribution in [0, 0.1) is 5.92 Å². The lowest BCUT2D eigenvalue weighted by Crippen LogP contribution is -2.64. The Morgan fingerprint density at radius 1 is 1.06 bits per heavy atom. The standard InChI is InChI=1S/C20H29N3O2.C2HF3O2/c24-20(25-15-17-4-2-1-3-5-17)22-11-8-16(9-12-22)14-23-13-10-21-18-6-7-19(18)23;3-2(4,5)1(6)7/h1-5,16,18-19,21H,6-15H2;(H,6,7)/t18-,19+;/m0./s1. The second-order valence-corrected chi connectivity index (χ2v) is 8.47. The summed E-state index contributed by atoms with van der Waals surface area (Å²) in [4.78, 5) is 25.7. The van der Waals surface area contributed by atoms with Crippen LogP contribution in [0.25, 0.3) is 0 Å². The number of carbonyl (C=O) groups is 2. The average Bonchev–Trinajstić information content (AvgIpc) is 2.74. The van der Waals surface area contributed by atoms with E-state index in [0.717, 1.165) is 56.0 Å². The van der Waals surface area contributed by atoms with Gasteiger partial charge >= 0.3 is 18.2 Å². The number of amides is 1. The average molecular weight is 457 g/mol. The van der Waals surface area contributed by atoms with Gasteiger partial charge in [-0.15, -0.1) is 0 Å². The Hall–Kier alpha value is -2.33. The first-order valence-electron chi connectivity index (χ1n) is 11.0. The SMILES string of the molecule is O=C(O)C(F)(F)F.O=C(OCc1ccccc1)N1CCC(CN2CCN[C@H]3CC[C@H]32)CC1. The molecule has 0 bridgehead atoms. The van der Waals surface area contributed by atoms with Gasteiger partial charge in [-0.05, 0) is 37.2 Å². The molecule has 2 saturated heterocycles. The summed E-state index contributed by atoms with van der Waals surface area (Å²) in [7, 11) is 0. The number of carbonyl (C=O) groups excluding carboxylic acids is 1. The highest BCUT2D eigenvalue weighted by Crippen LogP contribution is 2.30. The Morgan fingerprint density at radius 2 is 1.72 bits per heavy atom. The molecule has 1 aliphatic carbocycles. The van der Waals surface area contributed by atoms with E-state index in [9.17, 15) is 18.0 Å². The molecule has 1 saturated carbocycles. The summed E-state index contributed by atoms with van der Waals surface area (Å²) in [6, 6.07) is 11.4. The van der Waals surface area contributed by atoms with Crippen molar-refractivity contribution in [2.45, 2.75) is 50.6 Å². The van der Waals surface area contributed by atoms with E-state index in [1.165, 1.54) is 25.9 Å². The van der Waals surface area contributed by atoms with Crippen LogP contribution in [0.15, 0.2) is 30.3 Å². The number of ether oxygens (including phenoxy) is 1. The zero-order valence-corrected chi connectivity index (χ0v) is 17.9. The van der Waals surface area contributed by atoms with Gasteiger partial charge in [-0.25, -0.2) is 9.59 Å². The molecule has 178 valence electrons. The van der Waals surface area contributed by atoms with E-state index in [2.05, 4.69) is 10.2 Å². The first kappa shape index (κ1) is 24.3. The quantitative estimate of drug-likeness (QED) is 0.723. The molecule has 1 aromatic carbocycles. The van der Waals surface area contributed by atoms with E-state index in [-0.39, 0.29) is 6.09 Å². The maximum Gasteiger partial charge on any atom is 0.490 e. The van der Waals surface area contributed by atoms with Gasteiger partial charge < -0.3 is 20.1 Å². The highest BCUT2D eigenvalue weighted by atomic mass is 19.4. The minimum Gasteiger partial charge on any atom is -0.475 e. The molecule has 7 nitrogen and oxygen atoms in total. The van der Waals surface area contributed by atoms with Gasteiger partial charge in [0.1, 0.15) is 6.61 Å². The van der Waals surface area contributed by atoms with Gasteiger partial charge in [-0.2, -0.15) is 13.2 Å². The molecule has 4 rings (SSSR count). The van der Waals surface area contributed by atoms with Crippen LogP contribution in [0.3, 0.4) is 0 Å². The molecule has 3 aliphatic rings. The molecule has 32 heavy (non-hydrogen) atoms. The van der Waals surface area contributed by atoms with E-state index in [0.29, 0.717) is 6.61 Å². The van der Waals surface area contributed by atoms with E-state index >= 15 is 0 Å². The number of hydrogen-bond acceptors (Lipinski definition) is 5. The van der Waals surface area contributed by atoms with Gasteiger partial charge in [0.2, 0.25) is 0 Å². The maximum absolute atomic E-state index is 12.3. The van der Waals surface area contributed by atoms with Crippen molar-refractivity contribution < 1.29 is 32.6 Å². The number of nitrogens with one attached hydrogen (secondary N) is 1.